The fraction of sp³-hybridized carbons (Fsp3) is 0.368. The van der Waals surface area contributed by atoms with E-state index < -0.39 is 0 Å². The topological polar surface area (TPSA) is 79.6 Å². The van der Waals surface area contributed by atoms with Gasteiger partial charge in [0.05, 0.1) is 5.92 Å². The van der Waals surface area contributed by atoms with Gasteiger partial charge in [-0.15, -0.1) is 5.10 Å². The molecule has 1 saturated heterocycles. The smallest absolute Gasteiger partial charge is 0.275 e. The number of aryl methyl sites for hydroxylation is 1. The predicted molar refractivity (Wildman–Crippen MR) is 113 cm³/mol. The minimum absolute atomic E-state index is 0.0488. The van der Waals surface area contributed by atoms with Gasteiger partial charge in [0.25, 0.3) is 5.56 Å². The zero-order valence-corrected chi connectivity index (χ0v) is 17.8. The van der Waals surface area contributed by atoms with E-state index in [-0.39, 0.29) is 17.4 Å². The molecular formula is C19H20BrN5O2S. The summed E-state index contributed by atoms with van der Waals surface area (Å²) in [5.41, 5.74) is 1.56. The molecule has 1 fully saturated rings. The quantitative estimate of drug-likeness (QED) is 0.645. The molecule has 7 nitrogen and oxygen atoms in total. The van der Waals surface area contributed by atoms with Crippen molar-refractivity contribution in [1.82, 2.24) is 19.9 Å². The molecule has 0 spiro atoms. The number of amides is 1. The minimum atomic E-state index is -0.176. The molecule has 1 N–H and O–H groups in total. The first-order valence-corrected chi connectivity index (χ1v) is 10.8. The molecular weight excluding hydrogens is 442 g/mol. The summed E-state index contributed by atoms with van der Waals surface area (Å²) in [6.07, 6.45) is 1.75. The number of fused-ring (bicyclic) bond motifs is 1. The molecule has 3 heterocycles. The van der Waals surface area contributed by atoms with Crippen LogP contribution in [0.25, 0.3) is 4.96 Å². The van der Waals surface area contributed by atoms with Crippen LogP contribution in [-0.4, -0.2) is 33.6 Å². The summed E-state index contributed by atoms with van der Waals surface area (Å²) in [6, 6.07) is 9.35. The number of carbonyl (C=O) groups is 1. The van der Waals surface area contributed by atoms with Crippen molar-refractivity contribution < 1.29 is 4.79 Å². The molecule has 4 rings (SSSR count). The highest BCUT2D eigenvalue weighted by molar-refractivity contribution is 9.10. The van der Waals surface area contributed by atoms with Crippen LogP contribution in [0.2, 0.25) is 0 Å². The van der Waals surface area contributed by atoms with E-state index in [2.05, 4.69) is 36.2 Å². The molecule has 0 bridgehead atoms. The van der Waals surface area contributed by atoms with Gasteiger partial charge in [0.2, 0.25) is 16.0 Å². The third-order valence-electron chi connectivity index (χ3n) is 4.84. The van der Waals surface area contributed by atoms with Crippen LogP contribution in [0.5, 0.6) is 0 Å². The number of nitrogens with one attached hydrogen (secondary N) is 1. The van der Waals surface area contributed by atoms with E-state index in [1.165, 1.54) is 21.9 Å². The summed E-state index contributed by atoms with van der Waals surface area (Å²) in [7, 11) is 0. The van der Waals surface area contributed by atoms with Crippen molar-refractivity contribution in [3.63, 3.8) is 0 Å². The zero-order chi connectivity index (χ0) is 19.7. The van der Waals surface area contributed by atoms with Crippen molar-refractivity contribution in [2.75, 3.05) is 18.0 Å². The number of piperidine rings is 1. The van der Waals surface area contributed by atoms with Crippen LogP contribution in [-0.2, 0) is 11.3 Å². The summed E-state index contributed by atoms with van der Waals surface area (Å²) in [5.74, 6) is -0.0534. The molecule has 1 amide bonds. The number of benzene rings is 1. The molecule has 1 aliphatic heterocycles. The summed E-state index contributed by atoms with van der Waals surface area (Å²) in [5, 5.41) is 8.20. The number of aromatic nitrogens is 3. The van der Waals surface area contributed by atoms with E-state index in [4.69, 9.17) is 0 Å². The van der Waals surface area contributed by atoms with Gasteiger partial charge in [-0.2, -0.15) is 4.52 Å². The molecule has 9 heteroatoms. The van der Waals surface area contributed by atoms with Gasteiger partial charge in [0.15, 0.2) is 0 Å². The van der Waals surface area contributed by atoms with E-state index >= 15 is 0 Å². The Bertz CT molecular complexity index is 1080. The lowest BCUT2D eigenvalue weighted by atomic mass is 9.97. The second kappa shape index (κ2) is 8.00. The lowest BCUT2D eigenvalue weighted by Gasteiger charge is -2.31. The number of rotatable bonds is 4. The van der Waals surface area contributed by atoms with E-state index in [9.17, 15) is 9.59 Å². The predicted octanol–water partition coefficient (Wildman–Crippen LogP) is 2.75. The van der Waals surface area contributed by atoms with Gasteiger partial charge >= 0.3 is 0 Å². The van der Waals surface area contributed by atoms with E-state index in [0.717, 1.165) is 34.6 Å². The second-order valence-corrected chi connectivity index (χ2v) is 8.70. The van der Waals surface area contributed by atoms with Crippen molar-refractivity contribution in [1.29, 1.82) is 0 Å². The molecule has 28 heavy (non-hydrogen) atoms. The van der Waals surface area contributed by atoms with E-state index in [1.807, 2.05) is 24.3 Å². The van der Waals surface area contributed by atoms with E-state index in [1.54, 1.807) is 6.92 Å². The van der Waals surface area contributed by atoms with Crippen LogP contribution < -0.4 is 15.8 Å². The maximum Gasteiger partial charge on any atom is 0.275 e. The molecule has 1 unspecified atom stereocenters. The second-order valence-electron chi connectivity index (χ2n) is 6.91. The Morgan fingerprint density at radius 1 is 1.39 bits per heavy atom. The Balaban J connectivity index is 1.45. The first-order chi connectivity index (χ1) is 13.5. The molecule has 0 radical (unpaired) electrons. The Kier molecular flexibility index (Phi) is 5.45. The SMILES string of the molecule is Cc1cc(=O)n2nc(N3CCCC(C(=O)NCc4ccccc4Br)C3)sc2n1. The fourth-order valence-electron chi connectivity index (χ4n) is 3.37. The Hall–Kier alpha value is -2.26. The van der Waals surface area contributed by atoms with Crippen molar-refractivity contribution in [2.24, 2.45) is 5.92 Å². The normalized spacial score (nSPS) is 17.1. The average molecular weight is 462 g/mol. The van der Waals surface area contributed by atoms with Gasteiger partial charge < -0.3 is 10.2 Å². The number of anilines is 1. The van der Waals surface area contributed by atoms with Crippen LogP contribution in [0.3, 0.4) is 0 Å². The highest BCUT2D eigenvalue weighted by Gasteiger charge is 2.27. The fourth-order valence-corrected chi connectivity index (χ4v) is 4.78. The molecule has 1 atom stereocenters. The lowest BCUT2D eigenvalue weighted by Crippen LogP contribution is -2.43. The molecule has 0 aliphatic carbocycles. The standard InChI is InChI=1S/C19H20BrN5O2S/c1-12-9-16(26)25-18(22-12)28-19(23-25)24-8-4-6-14(11-24)17(27)21-10-13-5-2-3-7-15(13)20/h2-3,5,7,9,14H,4,6,8,10-11H2,1H3,(H,21,27). The highest BCUT2D eigenvalue weighted by atomic mass is 79.9. The maximum absolute atomic E-state index is 12.7. The summed E-state index contributed by atoms with van der Waals surface area (Å²) in [4.78, 5) is 31.8. The van der Waals surface area contributed by atoms with Crippen molar-refractivity contribution in [3.8, 4) is 0 Å². The van der Waals surface area contributed by atoms with Gasteiger partial charge in [-0.1, -0.05) is 45.5 Å². The molecule has 3 aromatic rings. The monoisotopic (exact) mass is 461 g/mol. The third kappa shape index (κ3) is 3.95. The molecule has 1 aliphatic rings. The van der Waals surface area contributed by atoms with Gasteiger partial charge in [0, 0.05) is 35.9 Å². The number of hydrogen-bond donors (Lipinski definition) is 1. The van der Waals surface area contributed by atoms with Crippen molar-refractivity contribution >= 4 is 43.3 Å². The van der Waals surface area contributed by atoms with Crippen LogP contribution in [0.15, 0.2) is 39.6 Å². The van der Waals surface area contributed by atoms with E-state index in [0.29, 0.717) is 23.7 Å². The Morgan fingerprint density at radius 3 is 3.04 bits per heavy atom. The minimum Gasteiger partial charge on any atom is -0.352 e. The van der Waals surface area contributed by atoms with Crippen LogP contribution in [0, 0.1) is 12.8 Å². The van der Waals surface area contributed by atoms with Crippen LogP contribution >= 0.6 is 27.3 Å². The van der Waals surface area contributed by atoms with Crippen molar-refractivity contribution in [3.05, 3.63) is 56.4 Å². The average Bonchev–Trinajstić information content (AvgIpc) is 3.12. The Labute approximate surface area is 174 Å². The third-order valence-corrected chi connectivity index (χ3v) is 6.58. The summed E-state index contributed by atoms with van der Waals surface area (Å²) in [6.45, 7) is 3.71. The van der Waals surface area contributed by atoms with Gasteiger partial charge in [-0.05, 0) is 31.4 Å². The largest absolute Gasteiger partial charge is 0.352 e. The molecule has 146 valence electrons. The molecule has 1 aromatic carbocycles. The first-order valence-electron chi connectivity index (χ1n) is 9.15. The zero-order valence-electron chi connectivity index (χ0n) is 15.4. The van der Waals surface area contributed by atoms with Gasteiger partial charge in [-0.25, -0.2) is 4.98 Å². The maximum atomic E-state index is 12.7. The number of carbonyl (C=O) groups excluding carboxylic acids is 1. The molecule has 0 saturated carbocycles. The summed E-state index contributed by atoms with van der Waals surface area (Å²) >= 11 is 4.90. The van der Waals surface area contributed by atoms with Gasteiger partial charge in [0.1, 0.15) is 0 Å². The highest BCUT2D eigenvalue weighted by Crippen LogP contribution is 2.27. The molecule has 2 aromatic heterocycles. The Morgan fingerprint density at radius 2 is 2.21 bits per heavy atom. The van der Waals surface area contributed by atoms with Gasteiger partial charge in [-0.3, -0.25) is 9.59 Å². The lowest BCUT2D eigenvalue weighted by molar-refractivity contribution is -0.125. The first kappa shape index (κ1) is 19.1. The number of nitrogens with zero attached hydrogens (tertiary/aromatic N) is 4. The van der Waals surface area contributed by atoms with Crippen LogP contribution in [0.1, 0.15) is 24.1 Å². The number of hydrogen-bond acceptors (Lipinski definition) is 6. The number of halogens is 1. The van der Waals surface area contributed by atoms with Crippen molar-refractivity contribution in [2.45, 2.75) is 26.3 Å². The van der Waals surface area contributed by atoms with Crippen LogP contribution in [0.4, 0.5) is 5.13 Å². The summed E-state index contributed by atoms with van der Waals surface area (Å²) < 4.78 is 2.33.